The van der Waals surface area contributed by atoms with Gasteiger partial charge in [-0.25, -0.2) is 4.79 Å². The van der Waals surface area contributed by atoms with Gasteiger partial charge in [0.15, 0.2) is 0 Å². The van der Waals surface area contributed by atoms with Crippen molar-refractivity contribution in [1.29, 1.82) is 0 Å². The van der Waals surface area contributed by atoms with Crippen molar-refractivity contribution in [2.75, 3.05) is 13.7 Å². The predicted octanol–water partition coefficient (Wildman–Crippen LogP) is 0.504. The molecule has 0 aliphatic carbocycles. The molecular formula is C7H10O3. The Balaban J connectivity index is 2.44. The molecule has 1 aliphatic heterocycles. The zero-order valence-corrected chi connectivity index (χ0v) is 6.09. The van der Waals surface area contributed by atoms with Gasteiger partial charge in [-0.1, -0.05) is 0 Å². The van der Waals surface area contributed by atoms with Gasteiger partial charge in [-0.2, -0.15) is 0 Å². The summed E-state index contributed by atoms with van der Waals surface area (Å²) in [6.45, 7) is 2.45. The Bertz CT molecular complexity index is 168. The van der Waals surface area contributed by atoms with Crippen molar-refractivity contribution in [3.63, 3.8) is 0 Å². The zero-order chi connectivity index (χ0) is 7.56. The van der Waals surface area contributed by atoms with Crippen LogP contribution in [0.3, 0.4) is 0 Å². The Hall–Kier alpha value is -0.830. The fraction of sp³-hybridized carbons (Fsp3) is 0.571. The van der Waals surface area contributed by atoms with E-state index in [0.29, 0.717) is 5.57 Å². The summed E-state index contributed by atoms with van der Waals surface area (Å²) in [5, 5.41) is 0. The van der Waals surface area contributed by atoms with E-state index in [0.717, 1.165) is 6.61 Å². The SMILES string of the molecule is COC(=O)C(C)=CC1CO1. The second-order valence-electron chi connectivity index (χ2n) is 2.21. The molecule has 0 saturated carbocycles. The Labute approximate surface area is 59.6 Å². The molecule has 1 atom stereocenters. The van der Waals surface area contributed by atoms with Crippen LogP contribution in [-0.2, 0) is 14.3 Å². The van der Waals surface area contributed by atoms with Crippen molar-refractivity contribution in [1.82, 2.24) is 0 Å². The van der Waals surface area contributed by atoms with Crippen LogP contribution in [0.15, 0.2) is 11.6 Å². The lowest BCUT2D eigenvalue weighted by Gasteiger charge is -1.95. The maximum absolute atomic E-state index is 10.7. The van der Waals surface area contributed by atoms with E-state index in [1.807, 2.05) is 0 Å². The van der Waals surface area contributed by atoms with E-state index < -0.39 is 0 Å². The topological polar surface area (TPSA) is 38.8 Å². The summed E-state index contributed by atoms with van der Waals surface area (Å²) in [6, 6.07) is 0. The summed E-state index contributed by atoms with van der Waals surface area (Å²) in [5.74, 6) is -0.282. The summed E-state index contributed by atoms with van der Waals surface area (Å²) in [6.07, 6.45) is 1.92. The van der Waals surface area contributed by atoms with E-state index in [2.05, 4.69) is 4.74 Å². The first-order valence-corrected chi connectivity index (χ1v) is 3.12. The average molecular weight is 142 g/mol. The van der Waals surface area contributed by atoms with Crippen molar-refractivity contribution in [2.45, 2.75) is 13.0 Å². The summed E-state index contributed by atoms with van der Waals surface area (Å²) >= 11 is 0. The number of rotatable bonds is 2. The molecule has 1 heterocycles. The van der Waals surface area contributed by atoms with Crippen molar-refractivity contribution in [3.05, 3.63) is 11.6 Å². The smallest absolute Gasteiger partial charge is 0.333 e. The molecule has 1 aliphatic rings. The van der Waals surface area contributed by atoms with Crippen LogP contribution in [0, 0.1) is 0 Å². The minimum atomic E-state index is -0.282. The summed E-state index contributed by atoms with van der Waals surface area (Å²) in [4.78, 5) is 10.7. The molecular weight excluding hydrogens is 132 g/mol. The average Bonchev–Trinajstić information content (AvgIpc) is 2.70. The first kappa shape index (κ1) is 7.28. The van der Waals surface area contributed by atoms with Crippen molar-refractivity contribution < 1.29 is 14.3 Å². The highest BCUT2D eigenvalue weighted by atomic mass is 16.6. The van der Waals surface area contributed by atoms with Gasteiger partial charge < -0.3 is 9.47 Å². The highest BCUT2D eigenvalue weighted by molar-refractivity contribution is 5.87. The zero-order valence-electron chi connectivity index (χ0n) is 6.09. The number of carbonyl (C=O) groups excluding carboxylic acids is 1. The Kier molecular flexibility index (Phi) is 2.06. The lowest BCUT2D eigenvalue weighted by atomic mass is 10.2. The molecule has 0 N–H and O–H groups in total. The van der Waals surface area contributed by atoms with E-state index in [1.165, 1.54) is 7.11 Å². The molecule has 1 unspecified atom stereocenters. The van der Waals surface area contributed by atoms with Gasteiger partial charge in [0.25, 0.3) is 0 Å². The van der Waals surface area contributed by atoms with Crippen molar-refractivity contribution in [2.24, 2.45) is 0 Å². The highest BCUT2D eigenvalue weighted by Gasteiger charge is 2.20. The Morgan fingerprint density at radius 3 is 2.80 bits per heavy atom. The Morgan fingerprint density at radius 1 is 1.80 bits per heavy atom. The van der Waals surface area contributed by atoms with Crippen LogP contribution in [0.2, 0.25) is 0 Å². The quantitative estimate of drug-likeness (QED) is 0.320. The standard InChI is InChI=1S/C7H10O3/c1-5(7(8)9-2)3-6-4-10-6/h3,6H,4H2,1-2H3. The normalized spacial score (nSPS) is 24.2. The van der Waals surface area contributed by atoms with E-state index >= 15 is 0 Å². The van der Waals surface area contributed by atoms with Crippen molar-refractivity contribution >= 4 is 5.97 Å². The van der Waals surface area contributed by atoms with E-state index in [1.54, 1.807) is 13.0 Å². The number of epoxide rings is 1. The van der Waals surface area contributed by atoms with Crippen LogP contribution in [-0.4, -0.2) is 25.8 Å². The number of hydrogen-bond acceptors (Lipinski definition) is 3. The van der Waals surface area contributed by atoms with Crippen molar-refractivity contribution in [3.8, 4) is 0 Å². The van der Waals surface area contributed by atoms with Crippen LogP contribution in [0.4, 0.5) is 0 Å². The van der Waals surface area contributed by atoms with Gasteiger partial charge in [-0.3, -0.25) is 0 Å². The molecule has 0 radical (unpaired) electrons. The number of methoxy groups -OCH3 is 1. The minimum Gasteiger partial charge on any atom is -0.466 e. The molecule has 3 nitrogen and oxygen atoms in total. The van der Waals surface area contributed by atoms with Crippen LogP contribution in [0.5, 0.6) is 0 Å². The third-order valence-corrected chi connectivity index (χ3v) is 1.30. The first-order valence-electron chi connectivity index (χ1n) is 3.12. The van der Waals surface area contributed by atoms with E-state index in [-0.39, 0.29) is 12.1 Å². The molecule has 0 amide bonds. The number of carbonyl (C=O) groups is 1. The van der Waals surface area contributed by atoms with Gasteiger partial charge in [-0.15, -0.1) is 0 Å². The van der Waals surface area contributed by atoms with Gasteiger partial charge in [0.05, 0.1) is 19.8 Å². The van der Waals surface area contributed by atoms with E-state index in [9.17, 15) is 4.79 Å². The van der Waals surface area contributed by atoms with Gasteiger partial charge in [0.1, 0.15) is 0 Å². The number of hydrogen-bond donors (Lipinski definition) is 0. The molecule has 0 aromatic carbocycles. The van der Waals surface area contributed by atoms with Crippen LogP contribution in [0.1, 0.15) is 6.92 Å². The summed E-state index contributed by atoms with van der Waals surface area (Å²) < 4.78 is 9.37. The molecule has 56 valence electrons. The number of esters is 1. The van der Waals surface area contributed by atoms with E-state index in [4.69, 9.17) is 4.74 Å². The second-order valence-corrected chi connectivity index (χ2v) is 2.21. The third-order valence-electron chi connectivity index (χ3n) is 1.30. The lowest BCUT2D eigenvalue weighted by molar-refractivity contribution is -0.136. The molecule has 3 heteroatoms. The maximum atomic E-state index is 10.7. The monoisotopic (exact) mass is 142 g/mol. The van der Waals surface area contributed by atoms with Crippen LogP contribution >= 0.6 is 0 Å². The minimum absolute atomic E-state index is 0.152. The summed E-state index contributed by atoms with van der Waals surface area (Å²) in [7, 11) is 1.37. The maximum Gasteiger partial charge on any atom is 0.333 e. The number of ether oxygens (including phenoxy) is 2. The largest absolute Gasteiger partial charge is 0.466 e. The van der Waals surface area contributed by atoms with Gasteiger partial charge in [-0.05, 0) is 13.0 Å². The predicted molar refractivity (Wildman–Crippen MR) is 35.5 cm³/mol. The molecule has 1 fully saturated rings. The molecule has 0 aromatic heterocycles. The fourth-order valence-electron chi connectivity index (χ4n) is 0.660. The fourth-order valence-corrected chi connectivity index (χ4v) is 0.660. The van der Waals surface area contributed by atoms with Crippen LogP contribution in [0.25, 0.3) is 0 Å². The molecule has 0 spiro atoms. The lowest BCUT2D eigenvalue weighted by Crippen LogP contribution is -2.02. The molecule has 1 saturated heterocycles. The van der Waals surface area contributed by atoms with Gasteiger partial charge in [0.2, 0.25) is 0 Å². The molecule has 0 bridgehead atoms. The van der Waals surface area contributed by atoms with Gasteiger partial charge in [0, 0.05) is 5.57 Å². The second kappa shape index (κ2) is 2.84. The van der Waals surface area contributed by atoms with Crippen LogP contribution < -0.4 is 0 Å². The molecule has 0 aromatic rings. The highest BCUT2D eigenvalue weighted by Crippen LogP contribution is 2.12. The Morgan fingerprint density at radius 2 is 2.40 bits per heavy atom. The molecule has 1 rings (SSSR count). The third kappa shape index (κ3) is 1.84. The first-order chi connectivity index (χ1) is 4.74. The van der Waals surface area contributed by atoms with Gasteiger partial charge >= 0.3 is 5.97 Å². The summed E-state index contributed by atoms with van der Waals surface area (Å²) in [5.41, 5.74) is 0.616. The molecule has 10 heavy (non-hydrogen) atoms.